The van der Waals surface area contributed by atoms with Crippen LogP contribution in [0.25, 0.3) is 0 Å². The van der Waals surface area contributed by atoms with Gasteiger partial charge in [0, 0.05) is 12.1 Å². The molecule has 0 saturated heterocycles. The monoisotopic (exact) mass is 195 g/mol. The lowest BCUT2D eigenvalue weighted by molar-refractivity contribution is 0.115. The van der Waals surface area contributed by atoms with Crippen molar-refractivity contribution < 1.29 is 5.11 Å². The minimum atomic E-state index is 0.259. The summed E-state index contributed by atoms with van der Waals surface area (Å²) in [5, 5.41) is 12.8. The molecule has 0 aromatic carbocycles. The van der Waals surface area contributed by atoms with Crippen molar-refractivity contribution in [1.29, 1.82) is 0 Å². The highest BCUT2D eigenvalue weighted by atomic mass is 16.3. The van der Waals surface area contributed by atoms with Gasteiger partial charge in [0.05, 0.1) is 6.61 Å². The lowest BCUT2D eigenvalue weighted by Crippen LogP contribution is -2.54. The summed E-state index contributed by atoms with van der Waals surface area (Å²) in [6.07, 6.45) is 7.22. The molecule has 1 saturated carbocycles. The molecule has 2 rings (SSSR count). The standard InChI is InChI=1S/C12H21NO/c1-8(2)12(7-14)13-11-6-9-4-3-5-10(9)11/h3,5,8-14H,4,6-7H2,1-2H3/t9?,10?,11?,12-/m1/s1. The third-order valence-electron chi connectivity index (χ3n) is 3.79. The molecule has 80 valence electrons. The minimum Gasteiger partial charge on any atom is -0.395 e. The molecule has 0 spiro atoms. The molecule has 2 aliphatic rings. The van der Waals surface area contributed by atoms with E-state index < -0.39 is 0 Å². The summed E-state index contributed by atoms with van der Waals surface area (Å²) in [5.41, 5.74) is 0. The van der Waals surface area contributed by atoms with E-state index in [0.29, 0.717) is 12.0 Å². The molecular weight excluding hydrogens is 174 g/mol. The van der Waals surface area contributed by atoms with E-state index in [1.54, 1.807) is 0 Å². The molecular formula is C12H21NO. The van der Waals surface area contributed by atoms with Crippen LogP contribution >= 0.6 is 0 Å². The van der Waals surface area contributed by atoms with Gasteiger partial charge in [-0.2, -0.15) is 0 Å². The summed E-state index contributed by atoms with van der Waals surface area (Å²) in [6.45, 7) is 4.58. The first kappa shape index (κ1) is 10.2. The lowest BCUT2D eigenvalue weighted by Gasteiger charge is -2.43. The molecule has 2 N–H and O–H groups in total. The summed E-state index contributed by atoms with van der Waals surface area (Å²) >= 11 is 0. The molecule has 0 aromatic heterocycles. The second kappa shape index (κ2) is 4.03. The number of hydrogen-bond acceptors (Lipinski definition) is 2. The Morgan fingerprint density at radius 1 is 1.50 bits per heavy atom. The number of rotatable bonds is 4. The molecule has 0 aliphatic heterocycles. The number of nitrogens with one attached hydrogen (secondary N) is 1. The SMILES string of the molecule is CC(C)[C@@H](CO)NC1CC2CC=CC21. The van der Waals surface area contributed by atoms with Gasteiger partial charge in [-0.25, -0.2) is 0 Å². The van der Waals surface area contributed by atoms with E-state index in [2.05, 4.69) is 31.3 Å². The zero-order valence-electron chi connectivity index (χ0n) is 9.11. The van der Waals surface area contributed by atoms with Crippen molar-refractivity contribution in [2.45, 2.75) is 38.8 Å². The van der Waals surface area contributed by atoms with Crippen LogP contribution in [0, 0.1) is 17.8 Å². The summed E-state index contributed by atoms with van der Waals surface area (Å²) in [7, 11) is 0. The van der Waals surface area contributed by atoms with Gasteiger partial charge in [-0.1, -0.05) is 26.0 Å². The molecule has 4 atom stereocenters. The van der Waals surface area contributed by atoms with Crippen molar-refractivity contribution in [1.82, 2.24) is 5.32 Å². The molecule has 0 amide bonds. The van der Waals surface area contributed by atoms with Gasteiger partial charge in [-0.15, -0.1) is 0 Å². The van der Waals surface area contributed by atoms with Gasteiger partial charge in [0.25, 0.3) is 0 Å². The highest BCUT2D eigenvalue weighted by Crippen LogP contribution is 2.42. The molecule has 2 heteroatoms. The number of hydrogen-bond donors (Lipinski definition) is 2. The van der Waals surface area contributed by atoms with Crippen molar-refractivity contribution in [3.8, 4) is 0 Å². The predicted octanol–water partition coefficient (Wildman–Crippen LogP) is 1.56. The molecule has 14 heavy (non-hydrogen) atoms. The normalized spacial score (nSPS) is 37.0. The number of allylic oxidation sites excluding steroid dienone is 1. The number of fused-ring (bicyclic) bond motifs is 1. The van der Waals surface area contributed by atoms with Gasteiger partial charge in [-0.05, 0) is 30.6 Å². The molecule has 2 aliphatic carbocycles. The van der Waals surface area contributed by atoms with Gasteiger partial charge in [0.15, 0.2) is 0 Å². The molecule has 0 heterocycles. The Kier molecular flexibility index (Phi) is 2.93. The van der Waals surface area contributed by atoms with Crippen molar-refractivity contribution in [3.63, 3.8) is 0 Å². The maximum Gasteiger partial charge on any atom is 0.0587 e. The Balaban J connectivity index is 1.83. The Hall–Kier alpha value is -0.340. The molecule has 0 aromatic rings. The second-order valence-electron chi connectivity index (χ2n) is 5.04. The van der Waals surface area contributed by atoms with Crippen LogP contribution in [-0.2, 0) is 0 Å². The first-order chi connectivity index (χ1) is 6.72. The Bertz CT molecular complexity index is 224. The third kappa shape index (κ3) is 1.73. The van der Waals surface area contributed by atoms with Crippen molar-refractivity contribution >= 4 is 0 Å². The van der Waals surface area contributed by atoms with Crippen molar-refractivity contribution in [2.75, 3.05) is 6.61 Å². The van der Waals surface area contributed by atoms with E-state index in [1.165, 1.54) is 12.8 Å². The van der Waals surface area contributed by atoms with E-state index in [0.717, 1.165) is 11.8 Å². The smallest absolute Gasteiger partial charge is 0.0587 e. The van der Waals surface area contributed by atoms with Crippen LogP contribution in [0.15, 0.2) is 12.2 Å². The predicted molar refractivity (Wildman–Crippen MR) is 58.0 cm³/mol. The Labute approximate surface area is 86.4 Å². The second-order valence-corrected chi connectivity index (χ2v) is 5.04. The van der Waals surface area contributed by atoms with Gasteiger partial charge in [-0.3, -0.25) is 0 Å². The summed E-state index contributed by atoms with van der Waals surface area (Å²) in [5.74, 6) is 2.17. The van der Waals surface area contributed by atoms with E-state index in [4.69, 9.17) is 0 Å². The lowest BCUT2D eigenvalue weighted by atomic mass is 9.71. The fraction of sp³-hybridized carbons (Fsp3) is 0.833. The minimum absolute atomic E-state index is 0.259. The number of aliphatic hydroxyl groups is 1. The summed E-state index contributed by atoms with van der Waals surface area (Å²) in [4.78, 5) is 0. The molecule has 2 nitrogen and oxygen atoms in total. The molecule has 0 bridgehead atoms. The first-order valence-corrected chi connectivity index (χ1v) is 5.76. The van der Waals surface area contributed by atoms with Crippen LogP contribution in [0.5, 0.6) is 0 Å². The van der Waals surface area contributed by atoms with Crippen molar-refractivity contribution in [3.05, 3.63) is 12.2 Å². The molecule has 0 radical (unpaired) electrons. The molecule has 1 fully saturated rings. The van der Waals surface area contributed by atoms with E-state index in [-0.39, 0.29) is 12.6 Å². The van der Waals surface area contributed by atoms with Crippen LogP contribution in [0.1, 0.15) is 26.7 Å². The first-order valence-electron chi connectivity index (χ1n) is 5.76. The number of aliphatic hydroxyl groups excluding tert-OH is 1. The zero-order valence-corrected chi connectivity index (χ0v) is 9.11. The quantitative estimate of drug-likeness (QED) is 0.667. The largest absolute Gasteiger partial charge is 0.395 e. The van der Waals surface area contributed by atoms with Crippen LogP contribution < -0.4 is 5.32 Å². The maximum atomic E-state index is 9.22. The van der Waals surface area contributed by atoms with Gasteiger partial charge in [0.2, 0.25) is 0 Å². The summed E-state index contributed by atoms with van der Waals surface area (Å²) < 4.78 is 0. The summed E-state index contributed by atoms with van der Waals surface area (Å²) in [6, 6.07) is 0.897. The zero-order chi connectivity index (χ0) is 10.1. The van der Waals surface area contributed by atoms with Crippen LogP contribution in [0.2, 0.25) is 0 Å². The van der Waals surface area contributed by atoms with Gasteiger partial charge >= 0.3 is 0 Å². The third-order valence-corrected chi connectivity index (χ3v) is 3.79. The van der Waals surface area contributed by atoms with E-state index in [9.17, 15) is 5.11 Å². The average molecular weight is 195 g/mol. The topological polar surface area (TPSA) is 32.3 Å². The maximum absolute atomic E-state index is 9.22. The Morgan fingerprint density at radius 3 is 2.86 bits per heavy atom. The highest BCUT2D eigenvalue weighted by molar-refractivity contribution is 5.13. The molecule has 3 unspecified atom stereocenters. The fourth-order valence-electron chi connectivity index (χ4n) is 2.64. The Morgan fingerprint density at radius 2 is 2.29 bits per heavy atom. The van der Waals surface area contributed by atoms with Crippen LogP contribution in [0.4, 0.5) is 0 Å². The van der Waals surface area contributed by atoms with Gasteiger partial charge < -0.3 is 10.4 Å². The van der Waals surface area contributed by atoms with Crippen LogP contribution in [0.3, 0.4) is 0 Å². The fourth-order valence-corrected chi connectivity index (χ4v) is 2.64. The van der Waals surface area contributed by atoms with Crippen molar-refractivity contribution in [2.24, 2.45) is 17.8 Å². The van der Waals surface area contributed by atoms with Crippen LogP contribution in [-0.4, -0.2) is 23.8 Å². The van der Waals surface area contributed by atoms with Gasteiger partial charge in [0.1, 0.15) is 0 Å². The van der Waals surface area contributed by atoms with E-state index in [1.807, 2.05) is 0 Å². The average Bonchev–Trinajstić information content (AvgIpc) is 2.48. The van der Waals surface area contributed by atoms with E-state index >= 15 is 0 Å². The highest BCUT2D eigenvalue weighted by Gasteiger charge is 2.41.